The SMILES string of the molecule is CC(=O)NC1[C@H](OCCCCC(=O)N[C@H](CO)COP(C)(=O)OCOP(C)(=O)OC[C@H](CO)NC(=O)CCCCO[C@@H]2OC(CO)[C@H](O)[C@H](O)C2NC(C)=O)OC(CO)[C@H](O)[C@@H]1O. The first kappa shape index (κ1) is 56.8. The third-order valence-electron chi connectivity index (χ3n) is 9.43. The standard InChI is InChI=1S/C35H66N4O22P2/c1-20(44)36-28-32(50)30(48)24(15-42)60-34(28)54-11-7-5-9-26(46)38-22(13-40)17-56-62(3,52)58-19-59-63(4,53)57-18-23(14-41)39-27(47)10-6-8-12-55-35-29(37-21(2)45)33(51)31(49)25(16-43)61-35/h22-25,28-35,40-43,48-51H,5-19H2,1-4H3,(H,36,44)(H,37,45)(H,38,46)(H,39,47)/t22-,23+,24?,25?,28?,29?,30-,31-,32+,33+,34+,35+,62?,63?/m0/s1. The van der Waals surface area contributed by atoms with Gasteiger partial charge in [0.2, 0.25) is 23.6 Å². The van der Waals surface area contributed by atoms with E-state index in [1.54, 1.807) is 0 Å². The number of hydrogen-bond acceptors (Lipinski definition) is 22. The molecule has 0 aliphatic carbocycles. The summed E-state index contributed by atoms with van der Waals surface area (Å²) in [5.74, 6) is -2.00. The quantitative estimate of drug-likeness (QED) is 0.0185. The molecule has 368 valence electrons. The fourth-order valence-corrected chi connectivity index (χ4v) is 7.64. The zero-order valence-electron chi connectivity index (χ0n) is 35.7. The van der Waals surface area contributed by atoms with E-state index in [-0.39, 0.29) is 26.1 Å². The van der Waals surface area contributed by atoms with Crippen LogP contribution >= 0.6 is 15.2 Å². The van der Waals surface area contributed by atoms with Crippen LogP contribution in [0.15, 0.2) is 0 Å². The molecule has 2 heterocycles. The number of carbonyl (C=O) groups is 4. The van der Waals surface area contributed by atoms with E-state index in [0.29, 0.717) is 25.7 Å². The molecule has 6 unspecified atom stereocenters. The van der Waals surface area contributed by atoms with Crippen LogP contribution in [0.25, 0.3) is 0 Å². The van der Waals surface area contributed by atoms with Crippen molar-refractivity contribution < 1.29 is 106 Å². The summed E-state index contributed by atoms with van der Waals surface area (Å²) < 4.78 is 68.4. The van der Waals surface area contributed by atoms with E-state index in [1.165, 1.54) is 13.8 Å². The van der Waals surface area contributed by atoms with Gasteiger partial charge in [0, 0.05) is 53.2 Å². The maximum absolute atomic E-state index is 12.8. The summed E-state index contributed by atoms with van der Waals surface area (Å²) in [5, 5.41) is 89.1. The average Bonchev–Trinajstić information content (AvgIpc) is 3.22. The molecular formula is C35H66N4O22P2. The molecule has 2 aliphatic rings. The van der Waals surface area contributed by atoms with Gasteiger partial charge in [-0.15, -0.1) is 0 Å². The first-order valence-electron chi connectivity index (χ1n) is 20.2. The van der Waals surface area contributed by atoms with Gasteiger partial charge in [-0.1, -0.05) is 0 Å². The molecule has 2 saturated heterocycles. The first-order chi connectivity index (χ1) is 29.7. The number of ether oxygens (including phenoxy) is 4. The van der Waals surface area contributed by atoms with Crippen LogP contribution in [0.1, 0.15) is 52.4 Å². The minimum atomic E-state index is -3.90. The number of carbonyl (C=O) groups excluding carboxylic acids is 4. The Morgan fingerprint density at radius 3 is 1.27 bits per heavy atom. The number of hydrogen-bond donors (Lipinski definition) is 12. The number of nitrogens with one attached hydrogen (secondary N) is 4. The maximum Gasteiger partial charge on any atom is 0.329 e. The minimum absolute atomic E-state index is 0.0195. The van der Waals surface area contributed by atoms with Crippen molar-refractivity contribution in [3.8, 4) is 0 Å². The predicted molar refractivity (Wildman–Crippen MR) is 214 cm³/mol. The van der Waals surface area contributed by atoms with E-state index >= 15 is 0 Å². The topological polar surface area (TPSA) is 386 Å². The molecule has 12 N–H and O–H groups in total. The van der Waals surface area contributed by atoms with Crippen LogP contribution in [0.4, 0.5) is 0 Å². The summed E-state index contributed by atoms with van der Waals surface area (Å²) in [7, 11) is -7.79. The lowest BCUT2D eigenvalue weighted by molar-refractivity contribution is -0.270. The van der Waals surface area contributed by atoms with Crippen molar-refractivity contribution in [3.05, 3.63) is 0 Å². The van der Waals surface area contributed by atoms with Crippen molar-refractivity contribution in [3.63, 3.8) is 0 Å². The Kier molecular flexibility index (Phi) is 25.9. The third-order valence-corrected chi connectivity index (χ3v) is 11.8. The van der Waals surface area contributed by atoms with E-state index in [9.17, 15) is 69.2 Å². The van der Waals surface area contributed by atoms with Gasteiger partial charge in [0.25, 0.3) is 0 Å². The molecular weight excluding hydrogens is 890 g/mol. The fourth-order valence-electron chi connectivity index (χ4n) is 6.02. The van der Waals surface area contributed by atoms with E-state index in [2.05, 4.69) is 21.3 Å². The lowest BCUT2D eigenvalue weighted by Gasteiger charge is -2.42. The van der Waals surface area contributed by atoms with Crippen LogP contribution < -0.4 is 21.3 Å². The predicted octanol–water partition coefficient (Wildman–Crippen LogP) is -4.13. The van der Waals surface area contributed by atoms with Crippen molar-refractivity contribution in [2.24, 2.45) is 0 Å². The number of amides is 4. The van der Waals surface area contributed by atoms with Crippen LogP contribution in [0, 0.1) is 0 Å². The van der Waals surface area contributed by atoms with Gasteiger partial charge in [-0.2, -0.15) is 0 Å². The van der Waals surface area contributed by atoms with Gasteiger partial charge < -0.3 is 90.1 Å². The fraction of sp³-hybridized carbons (Fsp3) is 0.886. The van der Waals surface area contributed by atoms with Crippen LogP contribution in [0.5, 0.6) is 0 Å². The monoisotopic (exact) mass is 956 g/mol. The molecule has 63 heavy (non-hydrogen) atoms. The number of aliphatic hydroxyl groups is 8. The summed E-state index contributed by atoms with van der Waals surface area (Å²) in [6.07, 6.45) is -9.36. The molecule has 0 aromatic rings. The van der Waals surface area contributed by atoms with E-state index in [0.717, 1.165) is 13.3 Å². The molecule has 0 saturated carbocycles. The zero-order chi connectivity index (χ0) is 47.3. The Bertz CT molecular complexity index is 1400. The Morgan fingerprint density at radius 1 is 0.587 bits per heavy atom. The second-order valence-corrected chi connectivity index (χ2v) is 19.0. The van der Waals surface area contributed by atoms with Crippen molar-refractivity contribution in [2.75, 3.05) is 73.0 Å². The number of unbranched alkanes of at least 4 members (excludes halogenated alkanes) is 2. The zero-order valence-corrected chi connectivity index (χ0v) is 37.5. The van der Waals surface area contributed by atoms with Gasteiger partial charge in [0.1, 0.15) is 48.7 Å². The van der Waals surface area contributed by atoms with Gasteiger partial charge in [0.05, 0.1) is 51.7 Å². The Labute approximate surface area is 364 Å². The summed E-state index contributed by atoms with van der Waals surface area (Å²) in [4.78, 5) is 48.1. The third kappa shape index (κ3) is 20.8. The van der Waals surface area contributed by atoms with Crippen LogP contribution in [-0.2, 0) is 65.4 Å². The summed E-state index contributed by atoms with van der Waals surface area (Å²) in [5.41, 5.74) is 0. The van der Waals surface area contributed by atoms with Gasteiger partial charge in [-0.25, -0.2) is 0 Å². The second-order valence-electron chi connectivity index (χ2n) is 14.9. The number of aliphatic hydroxyl groups excluding tert-OH is 8. The van der Waals surface area contributed by atoms with Gasteiger partial charge in [0.15, 0.2) is 19.4 Å². The molecule has 28 heteroatoms. The smallest absolute Gasteiger partial charge is 0.329 e. The molecule has 0 aromatic heterocycles. The molecule has 0 bridgehead atoms. The minimum Gasteiger partial charge on any atom is -0.394 e. The Balaban J connectivity index is 1.66. The highest BCUT2D eigenvalue weighted by atomic mass is 31.2. The summed E-state index contributed by atoms with van der Waals surface area (Å²) >= 11 is 0. The highest BCUT2D eigenvalue weighted by molar-refractivity contribution is 7.53. The van der Waals surface area contributed by atoms with E-state index < -0.39 is 159 Å². The van der Waals surface area contributed by atoms with Gasteiger partial charge >= 0.3 is 15.2 Å². The number of rotatable bonds is 30. The summed E-state index contributed by atoms with van der Waals surface area (Å²) in [6, 6.07) is -4.20. The molecule has 14 atom stereocenters. The van der Waals surface area contributed by atoms with Crippen LogP contribution in [-0.4, -0.2) is 211 Å². The van der Waals surface area contributed by atoms with E-state index in [4.69, 9.17) is 37.0 Å². The highest BCUT2D eigenvalue weighted by Gasteiger charge is 2.46. The van der Waals surface area contributed by atoms with Crippen molar-refractivity contribution in [1.29, 1.82) is 0 Å². The van der Waals surface area contributed by atoms with Crippen molar-refractivity contribution in [1.82, 2.24) is 21.3 Å². The molecule has 2 fully saturated rings. The van der Waals surface area contributed by atoms with Crippen molar-refractivity contribution in [2.45, 2.75) is 126 Å². The molecule has 2 aliphatic heterocycles. The first-order valence-corrected chi connectivity index (χ1v) is 24.2. The molecule has 2 rings (SSSR count). The van der Waals surface area contributed by atoms with Crippen molar-refractivity contribution >= 4 is 38.8 Å². The molecule has 4 amide bonds. The van der Waals surface area contributed by atoms with Gasteiger partial charge in [-0.05, 0) is 25.7 Å². The Morgan fingerprint density at radius 2 is 0.952 bits per heavy atom. The molecule has 0 radical (unpaired) electrons. The Hall–Kier alpha value is -2.30. The second kappa shape index (κ2) is 28.7. The average molecular weight is 957 g/mol. The molecule has 0 aromatic carbocycles. The largest absolute Gasteiger partial charge is 0.394 e. The lowest BCUT2D eigenvalue weighted by Crippen LogP contribution is -2.64. The highest BCUT2D eigenvalue weighted by Crippen LogP contribution is 2.48. The molecule has 26 nitrogen and oxygen atoms in total. The maximum atomic E-state index is 12.8. The summed E-state index contributed by atoms with van der Waals surface area (Å²) in [6.45, 7) is 0.487. The van der Waals surface area contributed by atoms with Crippen LogP contribution in [0.2, 0.25) is 0 Å². The lowest BCUT2D eigenvalue weighted by atomic mass is 9.97. The van der Waals surface area contributed by atoms with Gasteiger partial charge in [-0.3, -0.25) is 37.4 Å². The molecule has 0 spiro atoms. The van der Waals surface area contributed by atoms with Crippen LogP contribution in [0.3, 0.4) is 0 Å². The normalized spacial score (nSPS) is 29.1. The van der Waals surface area contributed by atoms with E-state index in [1.807, 2.05) is 0 Å².